The Bertz CT molecular complexity index is 888. The first kappa shape index (κ1) is 17.1. The third-order valence-electron chi connectivity index (χ3n) is 3.42. The summed E-state index contributed by atoms with van der Waals surface area (Å²) in [5, 5.41) is 11.0. The molecule has 1 amide bonds. The highest BCUT2D eigenvalue weighted by atomic mass is 32.2. The van der Waals surface area contributed by atoms with Gasteiger partial charge in [0.1, 0.15) is 10.1 Å². The second kappa shape index (κ2) is 7.45. The number of allylic oxidation sites excluding steroid dienone is 2. The molecule has 0 atom stereocenters. The predicted octanol–water partition coefficient (Wildman–Crippen LogP) is 4.15. The quantitative estimate of drug-likeness (QED) is 0.340. The first-order chi connectivity index (χ1) is 12.1. The largest absolute Gasteiger partial charge is 0.467 e. The molecule has 1 aliphatic heterocycles. The Labute approximate surface area is 153 Å². The van der Waals surface area contributed by atoms with Crippen molar-refractivity contribution in [2.45, 2.75) is 6.54 Å². The Balaban J connectivity index is 1.75. The Morgan fingerprint density at radius 3 is 2.80 bits per heavy atom. The van der Waals surface area contributed by atoms with Gasteiger partial charge in [-0.2, -0.15) is 0 Å². The van der Waals surface area contributed by atoms with Gasteiger partial charge in [0.2, 0.25) is 0 Å². The summed E-state index contributed by atoms with van der Waals surface area (Å²) in [5.74, 6) is 0.437. The third kappa shape index (κ3) is 3.86. The molecule has 3 rings (SSSR count). The summed E-state index contributed by atoms with van der Waals surface area (Å²) >= 11 is 6.43. The monoisotopic (exact) mass is 372 g/mol. The molecule has 0 unspecified atom stereocenters. The van der Waals surface area contributed by atoms with Gasteiger partial charge in [-0.15, -0.1) is 0 Å². The van der Waals surface area contributed by atoms with Crippen LogP contribution >= 0.6 is 24.0 Å². The van der Waals surface area contributed by atoms with Crippen molar-refractivity contribution in [1.82, 2.24) is 4.90 Å². The van der Waals surface area contributed by atoms with Gasteiger partial charge in [-0.1, -0.05) is 42.2 Å². The maximum atomic E-state index is 12.4. The Hall–Kier alpha value is -2.71. The minimum atomic E-state index is -0.442. The molecule has 0 saturated carbocycles. The molecule has 8 heteroatoms. The Morgan fingerprint density at radius 1 is 1.28 bits per heavy atom. The van der Waals surface area contributed by atoms with Crippen LogP contribution in [0, 0.1) is 10.1 Å². The van der Waals surface area contributed by atoms with Crippen molar-refractivity contribution < 1.29 is 14.1 Å². The molecule has 6 nitrogen and oxygen atoms in total. The van der Waals surface area contributed by atoms with Gasteiger partial charge in [0, 0.05) is 6.07 Å². The van der Waals surface area contributed by atoms with Crippen molar-refractivity contribution in [1.29, 1.82) is 0 Å². The molecule has 1 saturated heterocycles. The summed E-state index contributed by atoms with van der Waals surface area (Å²) in [6.45, 7) is 0.281. The van der Waals surface area contributed by atoms with E-state index in [0.717, 1.165) is 0 Å². The van der Waals surface area contributed by atoms with Gasteiger partial charge in [0.05, 0.1) is 28.2 Å². The third-order valence-corrected chi connectivity index (χ3v) is 4.82. The molecule has 0 aliphatic carbocycles. The van der Waals surface area contributed by atoms with Crippen LogP contribution in [0.5, 0.6) is 0 Å². The maximum absolute atomic E-state index is 12.4. The number of hydrogen-bond donors (Lipinski definition) is 0. The van der Waals surface area contributed by atoms with Crippen molar-refractivity contribution >= 4 is 46.0 Å². The molecule has 126 valence electrons. The van der Waals surface area contributed by atoms with Crippen LogP contribution in [0.2, 0.25) is 0 Å². The number of nitro groups is 1. The highest BCUT2D eigenvalue weighted by Gasteiger charge is 2.32. The molecular weight excluding hydrogens is 360 g/mol. The van der Waals surface area contributed by atoms with Crippen LogP contribution in [0.1, 0.15) is 11.3 Å². The summed E-state index contributed by atoms with van der Waals surface area (Å²) in [5.41, 5.74) is 0.479. The van der Waals surface area contributed by atoms with Gasteiger partial charge in [-0.3, -0.25) is 19.8 Å². The van der Waals surface area contributed by atoms with Crippen molar-refractivity contribution in [2.75, 3.05) is 0 Å². The number of nitro benzene ring substituents is 1. The highest BCUT2D eigenvalue weighted by Crippen LogP contribution is 2.32. The molecule has 2 heterocycles. The van der Waals surface area contributed by atoms with E-state index in [0.29, 0.717) is 20.5 Å². The fourth-order valence-corrected chi connectivity index (χ4v) is 3.45. The number of furan rings is 1. The van der Waals surface area contributed by atoms with Gasteiger partial charge in [0.15, 0.2) is 0 Å². The average Bonchev–Trinajstić information content (AvgIpc) is 3.19. The SMILES string of the molecule is O=C1/C(=C/C=C/c2ccccc2[N+](=O)[O-])SC(=S)N1Cc1ccco1. The number of benzene rings is 1. The molecule has 1 aliphatic rings. The van der Waals surface area contributed by atoms with Crippen molar-refractivity contribution in [3.8, 4) is 0 Å². The highest BCUT2D eigenvalue weighted by molar-refractivity contribution is 8.26. The summed E-state index contributed by atoms with van der Waals surface area (Å²) < 4.78 is 5.69. The number of hydrogen-bond acceptors (Lipinski definition) is 6. The van der Waals surface area contributed by atoms with Crippen LogP contribution < -0.4 is 0 Å². The van der Waals surface area contributed by atoms with Crippen LogP contribution in [0.4, 0.5) is 5.69 Å². The second-order valence-corrected chi connectivity index (χ2v) is 6.72. The van der Waals surface area contributed by atoms with E-state index >= 15 is 0 Å². The van der Waals surface area contributed by atoms with E-state index in [1.54, 1.807) is 54.8 Å². The van der Waals surface area contributed by atoms with E-state index < -0.39 is 4.92 Å². The maximum Gasteiger partial charge on any atom is 0.276 e. The molecule has 2 aromatic rings. The van der Waals surface area contributed by atoms with Crippen LogP contribution in [-0.2, 0) is 11.3 Å². The molecule has 0 N–H and O–H groups in total. The number of amides is 1. The number of carbonyl (C=O) groups is 1. The fourth-order valence-electron chi connectivity index (χ4n) is 2.24. The lowest BCUT2D eigenvalue weighted by molar-refractivity contribution is -0.385. The summed E-state index contributed by atoms with van der Waals surface area (Å²) in [4.78, 5) is 24.9. The minimum absolute atomic E-state index is 0.0116. The molecule has 0 bridgehead atoms. The van der Waals surface area contributed by atoms with E-state index in [1.165, 1.54) is 22.7 Å². The number of nitrogens with zero attached hydrogens (tertiary/aromatic N) is 2. The van der Waals surface area contributed by atoms with Crippen molar-refractivity contribution in [3.05, 3.63) is 81.2 Å². The van der Waals surface area contributed by atoms with Gasteiger partial charge in [-0.25, -0.2) is 0 Å². The topological polar surface area (TPSA) is 76.6 Å². The molecule has 0 spiro atoms. The number of carbonyl (C=O) groups excluding carboxylic acids is 1. The molecule has 1 aromatic carbocycles. The number of rotatable bonds is 5. The second-order valence-electron chi connectivity index (χ2n) is 5.04. The lowest BCUT2D eigenvalue weighted by atomic mass is 10.1. The standard InChI is InChI=1S/C17H12N2O4S2/c20-16-15(25-17(24)18(16)11-13-7-4-10-23-13)9-3-6-12-5-1-2-8-14(12)19(21)22/h1-10H,11H2/b6-3+,15-9-. The van der Waals surface area contributed by atoms with Gasteiger partial charge in [-0.05, 0) is 30.4 Å². The zero-order valence-corrected chi connectivity index (χ0v) is 14.5. The Morgan fingerprint density at radius 2 is 2.08 bits per heavy atom. The van der Waals surface area contributed by atoms with Crippen LogP contribution in [-0.4, -0.2) is 20.1 Å². The van der Waals surface area contributed by atoms with E-state index in [-0.39, 0.29) is 18.1 Å². The van der Waals surface area contributed by atoms with Gasteiger partial charge >= 0.3 is 0 Å². The molecule has 1 fully saturated rings. The summed E-state index contributed by atoms with van der Waals surface area (Å²) in [7, 11) is 0. The zero-order valence-electron chi connectivity index (χ0n) is 12.8. The first-order valence-corrected chi connectivity index (χ1v) is 8.46. The first-order valence-electron chi connectivity index (χ1n) is 7.24. The molecular formula is C17H12N2O4S2. The van der Waals surface area contributed by atoms with Crippen LogP contribution in [0.3, 0.4) is 0 Å². The van der Waals surface area contributed by atoms with Crippen molar-refractivity contribution in [2.24, 2.45) is 0 Å². The number of thiocarbonyl (C=S) groups is 1. The fraction of sp³-hybridized carbons (Fsp3) is 0.0588. The van der Waals surface area contributed by atoms with E-state index in [2.05, 4.69) is 0 Å². The molecule has 25 heavy (non-hydrogen) atoms. The zero-order chi connectivity index (χ0) is 17.8. The lowest BCUT2D eigenvalue weighted by Gasteiger charge is -2.11. The molecule has 1 aromatic heterocycles. The van der Waals surface area contributed by atoms with Gasteiger partial charge < -0.3 is 4.42 Å². The molecule has 0 radical (unpaired) electrons. The van der Waals surface area contributed by atoms with E-state index in [1.807, 2.05) is 0 Å². The summed E-state index contributed by atoms with van der Waals surface area (Å²) in [6, 6.07) is 9.92. The number of para-hydroxylation sites is 1. The minimum Gasteiger partial charge on any atom is -0.467 e. The Kier molecular flexibility index (Phi) is 5.11. The van der Waals surface area contributed by atoms with Crippen LogP contribution in [0.25, 0.3) is 6.08 Å². The summed E-state index contributed by atoms with van der Waals surface area (Å²) in [6.07, 6.45) is 6.36. The van der Waals surface area contributed by atoms with Gasteiger partial charge in [0.25, 0.3) is 11.6 Å². The lowest BCUT2D eigenvalue weighted by Crippen LogP contribution is -2.27. The smallest absolute Gasteiger partial charge is 0.276 e. The van der Waals surface area contributed by atoms with Crippen molar-refractivity contribution in [3.63, 3.8) is 0 Å². The predicted molar refractivity (Wildman–Crippen MR) is 99.7 cm³/mol. The average molecular weight is 372 g/mol. The number of thioether (sulfide) groups is 1. The van der Waals surface area contributed by atoms with E-state index in [9.17, 15) is 14.9 Å². The normalized spacial score (nSPS) is 16.3. The van der Waals surface area contributed by atoms with E-state index in [4.69, 9.17) is 16.6 Å². The van der Waals surface area contributed by atoms with Crippen LogP contribution in [0.15, 0.2) is 64.1 Å².